The molecule has 0 bridgehead atoms. The van der Waals surface area contributed by atoms with Crippen LogP contribution in [-0.2, 0) is 0 Å². The summed E-state index contributed by atoms with van der Waals surface area (Å²) in [5, 5.41) is 10.3. The van der Waals surface area contributed by atoms with Gasteiger partial charge in [-0.2, -0.15) is 4.98 Å². The summed E-state index contributed by atoms with van der Waals surface area (Å²) in [6.07, 6.45) is 3.81. The van der Waals surface area contributed by atoms with Crippen LogP contribution in [0.15, 0.2) is 18.3 Å². The Balaban J connectivity index is 1.91. The molecular formula is C17H20Cl2N4O. The van der Waals surface area contributed by atoms with E-state index in [1.807, 2.05) is 0 Å². The van der Waals surface area contributed by atoms with Crippen molar-refractivity contribution in [1.29, 1.82) is 0 Å². The Labute approximate surface area is 151 Å². The third kappa shape index (κ3) is 3.37. The van der Waals surface area contributed by atoms with Crippen LogP contribution in [-0.4, -0.2) is 28.2 Å². The van der Waals surface area contributed by atoms with E-state index < -0.39 is 0 Å². The van der Waals surface area contributed by atoms with E-state index in [9.17, 15) is 5.11 Å². The highest BCUT2D eigenvalue weighted by atomic mass is 35.5. The summed E-state index contributed by atoms with van der Waals surface area (Å²) in [6, 6.07) is 2.89. The maximum atomic E-state index is 9.75. The highest BCUT2D eigenvalue weighted by Gasteiger charge is 2.27. The van der Waals surface area contributed by atoms with Crippen LogP contribution in [0.1, 0.15) is 26.7 Å². The number of nitrogens with two attached hydrogens (primary N) is 1. The third-order valence-electron chi connectivity index (χ3n) is 4.51. The topological polar surface area (TPSA) is 75.3 Å². The van der Waals surface area contributed by atoms with Crippen LogP contribution in [0.25, 0.3) is 11.1 Å². The summed E-state index contributed by atoms with van der Waals surface area (Å²) in [5.74, 6) is 0.948. The second-order valence-electron chi connectivity index (χ2n) is 6.91. The minimum Gasteiger partial charge on any atom is -0.508 e. The third-order valence-corrected chi connectivity index (χ3v) is 5.31. The van der Waals surface area contributed by atoms with Gasteiger partial charge in [0.25, 0.3) is 0 Å². The van der Waals surface area contributed by atoms with Crippen LogP contribution < -0.4 is 10.6 Å². The van der Waals surface area contributed by atoms with Gasteiger partial charge in [-0.05, 0) is 24.3 Å². The van der Waals surface area contributed by atoms with E-state index in [1.165, 1.54) is 12.1 Å². The van der Waals surface area contributed by atoms with Gasteiger partial charge in [0.2, 0.25) is 5.95 Å². The van der Waals surface area contributed by atoms with Gasteiger partial charge in [-0.1, -0.05) is 37.0 Å². The van der Waals surface area contributed by atoms with E-state index in [4.69, 9.17) is 28.9 Å². The smallest absolute Gasteiger partial charge is 0.227 e. The van der Waals surface area contributed by atoms with Crippen molar-refractivity contribution in [3.8, 4) is 16.9 Å². The largest absolute Gasteiger partial charge is 0.508 e. The maximum absolute atomic E-state index is 9.75. The molecule has 0 unspecified atom stereocenters. The Hall–Kier alpha value is -1.72. The fourth-order valence-corrected chi connectivity index (χ4v) is 3.25. The number of rotatable bonds is 2. The Kier molecular flexibility index (Phi) is 4.49. The zero-order valence-corrected chi connectivity index (χ0v) is 15.2. The summed E-state index contributed by atoms with van der Waals surface area (Å²) in [5.41, 5.74) is 7.55. The number of anilines is 2. The van der Waals surface area contributed by atoms with Crippen molar-refractivity contribution in [2.45, 2.75) is 26.7 Å². The van der Waals surface area contributed by atoms with Gasteiger partial charge in [-0.15, -0.1) is 0 Å². The molecule has 2 heterocycles. The first-order valence-electron chi connectivity index (χ1n) is 7.83. The zero-order chi connectivity index (χ0) is 17.5. The average Bonchev–Trinajstić information content (AvgIpc) is 2.51. The van der Waals surface area contributed by atoms with E-state index in [1.54, 1.807) is 6.20 Å². The molecule has 0 radical (unpaired) electrons. The molecule has 1 aliphatic rings. The second-order valence-corrected chi connectivity index (χ2v) is 7.69. The summed E-state index contributed by atoms with van der Waals surface area (Å²) in [6.45, 7) is 6.36. The number of phenolic OH excluding ortho intramolecular Hbond substituents is 1. The molecule has 2 aromatic rings. The van der Waals surface area contributed by atoms with Crippen LogP contribution in [0.2, 0.25) is 10.0 Å². The summed E-state index contributed by atoms with van der Waals surface area (Å²) in [4.78, 5) is 11.0. The number of nitrogen functional groups attached to an aromatic ring is 1. The van der Waals surface area contributed by atoms with Gasteiger partial charge in [-0.25, -0.2) is 4.98 Å². The predicted molar refractivity (Wildman–Crippen MR) is 98.8 cm³/mol. The molecule has 0 spiro atoms. The van der Waals surface area contributed by atoms with Crippen molar-refractivity contribution in [1.82, 2.24) is 9.97 Å². The fourth-order valence-electron chi connectivity index (χ4n) is 2.83. The lowest BCUT2D eigenvalue weighted by Gasteiger charge is -2.36. The lowest BCUT2D eigenvalue weighted by Crippen LogP contribution is -2.38. The minimum absolute atomic E-state index is 0.0149. The fraction of sp³-hybridized carbons (Fsp3) is 0.412. The lowest BCUT2D eigenvalue weighted by molar-refractivity contribution is 0.278. The number of benzene rings is 1. The molecule has 5 nitrogen and oxygen atoms in total. The van der Waals surface area contributed by atoms with Gasteiger partial charge in [0.1, 0.15) is 11.6 Å². The first-order valence-corrected chi connectivity index (χ1v) is 8.58. The van der Waals surface area contributed by atoms with Crippen molar-refractivity contribution in [3.63, 3.8) is 0 Å². The molecule has 1 fully saturated rings. The number of nitrogens with zero attached hydrogens (tertiary/aromatic N) is 3. The molecule has 0 saturated carbocycles. The Morgan fingerprint density at radius 2 is 1.83 bits per heavy atom. The average molecular weight is 367 g/mol. The number of aromatic hydroxyl groups is 1. The molecule has 0 atom stereocenters. The quantitative estimate of drug-likeness (QED) is 0.825. The number of halogens is 2. The molecule has 1 aliphatic heterocycles. The Morgan fingerprint density at radius 3 is 2.46 bits per heavy atom. The highest BCUT2D eigenvalue weighted by Crippen LogP contribution is 2.39. The molecule has 7 heteroatoms. The first-order chi connectivity index (χ1) is 11.3. The minimum atomic E-state index is 0.0149. The molecule has 1 aromatic heterocycles. The molecule has 0 amide bonds. The maximum Gasteiger partial charge on any atom is 0.227 e. The van der Waals surface area contributed by atoms with Crippen LogP contribution in [0.3, 0.4) is 0 Å². The number of hydrogen-bond donors (Lipinski definition) is 2. The van der Waals surface area contributed by atoms with E-state index in [2.05, 4.69) is 28.7 Å². The van der Waals surface area contributed by atoms with E-state index >= 15 is 0 Å². The predicted octanol–water partition coefficient (Wildman–Crippen LogP) is 4.36. The molecule has 24 heavy (non-hydrogen) atoms. The number of piperidine rings is 1. The number of phenols is 1. The Bertz CT molecular complexity index is 769. The van der Waals surface area contributed by atoms with E-state index in [0.717, 1.165) is 25.9 Å². The van der Waals surface area contributed by atoms with Crippen LogP contribution in [0.5, 0.6) is 5.75 Å². The van der Waals surface area contributed by atoms with Gasteiger partial charge in [0, 0.05) is 36.5 Å². The molecule has 3 rings (SSSR count). The van der Waals surface area contributed by atoms with Gasteiger partial charge < -0.3 is 15.7 Å². The molecule has 1 aromatic carbocycles. The van der Waals surface area contributed by atoms with Crippen molar-refractivity contribution < 1.29 is 5.11 Å². The highest BCUT2D eigenvalue weighted by molar-refractivity contribution is 6.44. The van der Waals surface area contributed by atoms with Gasteiger partial charge in [0.15, 0.2) is 0 Å². The molecule has 0 aliphatic carbocycles. The monoisotopic (exact) mass is 366 g/mol. The van der Waals surface area contributed by atoms with E-state index in [-0.39, 0.29) is 10.8 Å². The molecule has 1 saturated heterocycles. The summed E-state index contributed by atoms with van der Waals surface area (Å²) < 4.78 is 0. The van der Waals surface area contributed by atoms with E-state index in [0.29, 0.717) is 33.3 Å². The van der Waals surface area contributed by atoms with Gasteiger partial charge in [0.05, 0.1) is 10.0 Å². The molecule has 3 N–H and O–H groups in total. The normalized spacial score (nSPS) is 17.1. The summed E-state index contributed by atoms with van der Waals surface area (Å²) >= 11 is 12.2. The van der Waals surface area contributed by atoms with Crippen molar-refractivity contribution in [2.24, 2.45) is 5.41 Å². The van der Waals surface area contributed by atoms with Crippen LogP contribution in [0.4, 0.5) is 11.8 Å². The van der Waals surface area contributed by atoms with Gasteiger partial charge >= 0.3 is 0 Å². The van der Waals surface area contributed by atoms with Crippen LogP contribution >= 0.6 is 23.2 Å². The van der Waals surface area contributed by atoms with Crippen LogP contribution in [0, 0.1) is 5.41 Å². The number of aromatic nitrogens is 2. The molecular weight excluding hydrogens is 347 g/mol. The first kappa shape index (κ1) is 17.1. The molecule has 128 valence electrons. The van der Waals surface area contributed by atoms with Gasteiger partial charge in [-0.3, -0.25) is 0 Å². The van der Waals surface area contributed by atoms with Crippen molar-refractivity contribution >= 4 is 35.0 Å². The standard InChI is InChI=1S/C17H20Cl2N4O/c1-17(2)3-5-23(6-4-17)16-21-9-12(15(20)22-16)11-7-10(24)8-13(18)14(11)19/h7-9,24H,3-6H2,1-2H3,(H2,20,21,22). The van der Waals surface area contributed by atoms with Crippen molar-refractivity contribution in [2.75, 3.05) is 23.7 Å². The second kappa shape index (κ2) is 6.30. The Morgan fingerprint density at radius 1 is 1.17 bits per heavy atom. The zero-order valence-electron chi connectivity index (χ0n) is 13.7. The summed E-state index contributed by atoms with van der Waals surface area (Å²) in [7, 11) is 0. The van der Waals surface area contributed by atoms with Crippen molar-refractivity contribution in [3.05, 3.63) is 28.4 Å². The SMILES string of the molecule is CC1(C)CCN(c2ncc(-c3cc(O)cc(Cl)c3Cl)c(N)n2)CC1. The lowest BCUT2D eigenvalue weighted by atomic mass is 9.83. The number of hydrogen-bond acceptors (Lipinski definition) is 5.